The van der Waals surface area contributed by atoms with E-state index in [-0.39, 0.29) is 12.3 Å². The van der Waals surface area contributed by atoms with E-state index < -0.39 is 11.3 Å². The molecular formula is C18H18N2O3. The first-order valence-electron chi connectivity index (χ1n) is 7.44. The molecule has 1 aliphatic rings. The van der Waals surface area contributed by atoms with Crippen LogP contribution in [0.15, 0.2) is 54.6 Å². The van der Waals surface area contributed by atoms with E-state index in [1.54, 1.807) is 17.3 Å². The highest BCUT2D eigenvalue weighted by molar-refractivity contribution is 6.09. The van der Waals surface area contributed by atoms with Crippen LogP contribution in [0, 0.1) is 0 Å². The molecule has 5 nitrogen and oxygen atoms in total. The molecule has 5 heteroatoms. The average Bonchev–Trinajstić information content (AvgIpc) is 2.78. The predicted octanol–water partition coefficient (Wildman–Crippen LogP) is 2.39. The summed E-state index contributed by atoms with van der Waals surface area (Å²) in [4.78, 5) is 26.4. The summed E-state index contributed by atoms with van der Waals surface area (Å²) in [5, 5.41) is 8.82. The Labute approximate surface area is 134 Å². The molecule has 0 saturated carbocycles. The maximum Gasteiger partial charge on any atom is 0.244 e. The minimum Gasteiger partial charge on any atom is -0.307 e. The van der Waals surface area contributed by atoms with E-state index >= 15 is 0 Å². The molecule has 0 bridgehead atoms. The first-order valence-corrected chi connectivity index (χ1v) is 7.44. The van der Waals surface area contributed by atoms with Crippen LogP contribution in [-0.4, -0.2) is 17.0 Å². The highest BCUT2D eigenvalue weighted by Gasteiger charge is 2.48. The average molecular weight is 310 g/mol. The maximum atomic E-state index is 13.0. The third-order valence-electron chi connectivity index (χ3n) is 4.33. The molecule has 0 aromatic heterocycles. The van der Waals surface area contributed by atoms with Crippen LogP contribution < -0.4 is 10.4 Å². The third-order valence-corrected chi connectivity index (χ3v) is 4.33. The molecule has 0 saturated heterocycles. The van der Waals surface area contributed by atoms with Crippen LogP contribution in [0.1, 0.15) is 24.5 Å². The molecular weight excluding hydrogens is 292 g/mol. The highest BCUT2D eigenvalue weighted by atomic mass is 16.5. The van der Waals surface area contributed by atoms with Crippen molar-refractivity contribution < 1.29 is 14.8 Å². The number of anilines is 1. The van der Waals surface area contributed by atoms with Gasteiger partial charge in [0.05, 0.1) is 12.0 Å². The van der Waals surface area contributed by atoms with Gasteiger partial charge in [-0.1, -0.05) is 48.5 Å². The molecule has 23 heavy (non-hydrogen) atoms. The Morgan fingerprint density at radius 1 is 1.13 bits per heavy atom. The van der Waals surface area contributed by atoms with E-state index in [1.165, 1.54) is 0 Å². The number of rotatable bonds is 4. The lowest BCUT2D eigenvalue weighted by atomic mass is 9.80. The van der Waals surface area contributed by atoms with Crippen LogP contribution >= 0.6 is 0 Å². The molecule has 0 radical (unpaired) electrons. The van der Waals surface area contributed by atoms with E-state index in [0.717, 1.165) is 16.8 Å². The molecule has 0 spiro atoms. The molecule has 1 unspecified atom stereocenters. The number of benzene rings is 2. The van der Waals surface area contributed by atoms with Crippen molar-refractivity contribution in [1.29, 1.82) is 0 Å². The number of para-hydroxylation sites is 1. The standard InChI is InChI=1S/C18H18N2O3/c1-18(11-16(21)19-23)14-9-5-6-10-15(14)20(17(18)22)12-13-7-3-2-4-8-13/h2-10,23H,11-12H2,1H3,(H,19,21). The van der Waals surface area contributed by atoms with Crippen LogP contribution in [0.5, 0.6) is 0 Å². The zero-order chi connectivity index (χ0) is 16.4. The zero-order valence-corrected chi connectivity index (χ0v) is 12.8. The van der Waals surface area contributed by atoms with Gasteiger partial charge in [-0.2, -0.15) is 0 Å². The molecule has 1 aliphatic heterocycles. The minimum absolute atomic E-state index is 0.0926. The summed E-state index contributed by atoms with van der Waals surface area (Å²) >= 11 is 0. The predicted molar refractivity (Wildman–Crippen MR) is 86.0 cm³/mol. The monoisotopic (exact) mass is 310 g/mol. The lowest BCUT2D eigenvalue weighted by Gasteiger charge is -2.23. The van der Waals surface area contributed by atoms with Crippen molar-refractivity contribution in [1.82, 2.24) is 5.48 Å². The minimum atomic E-state index is -0.974. The van der Waals surface area contributed by atoms with Crippen LogP contribution in [0.3, 0.4) is 0 Å². The fraction of sp³-hybridized carbons (Fsp3) is 0.222. The summed E-state index contributed by atoms with van der Waals surface area (Å²) in [6.07, 6.45) is -0.0926. The van der Waals surface area contributed by atoms with Crippen LogP contribution in [0.25, 0.3) is 0 Å². The first kappa shape index (κ1) is 15.2. The second kappa shape index (κ2) is 5.85. The van der Waals surface area contributed by atoms with Crippen molar-refractivity contribution in [2.45, 2.75) is 25.3 Å². The van der Waals surface area contributed by atoms with Gasteiger partial charge in [0, 0.05) is 12.1 Å². The molecule has 118 valence electrons. The number of hydroxylamine groups is 1. The van der Waals surface area contributed by atoms with E-state index in [4.69, 9.17) is 5.21 Å². The molecule has 2 aromatic rings. The van der Waals surface area contributed by atoms with Gasteiger partial charge in [0.15, 0.2) is 0 Å². The fourth-order valence-corrected chi connectivity index (χ4v) is 3.15. The quantitative estimate of drug-likeness (QED) is 0.673. The van der Waals surface area contributed by atoms with Gasteiger partial charge >= 0.3 is 0 Å². The van der Waals surface area contributed by atoms with Gasteiger partial charge < -0.3 is 4.90 Å². The topological polar surface area (TPSA) is 69.6 Å². The second-order valence-corrected chi connectivity index (χ2v) is 5.94. The molecule has 2 N–H and O–H groups in total. The molecule has 1 heterocycles. The van der Waals surface area contributed by atoms with Crippen molar-refractivity contribution in [3.8, 4) is 0 Å². The lowest BCUT2D eigenvalue weighted by Crippen LogP contribution is -2.41. The summed E-state index contributed by atoms with van der Waals surface area (Å²) in [7, 11) is 0. The number of amides is 2. The second-order valence-electron chi connectivity index (χ2n) is 5.94. The van der Waals surface area contributed by atoms with Crippen LogP contribution in [0.2, 0.25) is 0 Å². The highest BCUT2D eigenvalue weighted by Crippen LogP contribution is 2.44. The van der Waals surface area contributed by atoms with Crippen molar-refractivity contribution in [3.63, 3.8) is 0 Å². The number of fused-ring (bicyclic) bond motifs is 1. The molecule has 0 fully saturated rings. The Kier molecular flexibility index (Phi) is 3.88. The van der Waals surface area contributed by atoms with E-state index in [1.807, 2.05) is 54.6 Å². The van der Waals surface area contributed by atoms with Gasteiger partial charge in [-0.3, -0.25) is 14.8 Å². The van der Waals surface area contributed by atoms with Gasteiger partial charge in [0.2, 0.25) is 11.8 Å². The van der Waals surface area contributed by atoms with E-state index in [0.29, 0.717) is 6.54 Å². The summed E-state index contributed by atoms with van der Waals surface area (Å²) in [6.45, 7) is 2.20. The van der Waals surface area contributed by atoms with Crippen molar-refractivity contribution >= 4 is 17.5 Å². The summed E-state index contributed by atoms with van der Waals surface area (Å²) in [5.74, 6) is -0.705. The molecule has 2 aromatic carbocycles. The molecule has 0 aliphatic carbocycles. The summed E-state index contributed by atoms with van der Waals surface area (Å²) < 4.78 is 0. The van der Waals surface area contributed by atoms with Gasteiger partial charge in [0.1, 0.15) is 0 Å². The molecule has 1 atom stereocenters. The van der Waals surface area contributed by atoms with Crippen molar-refractivity contribution in [2.75, 3.05) is 4.90 Å². The third kappa shape index (κ3) is 2.59. The Morgan fingerprint density at radius 3 is 2.48 bits per heavy atom. The maximum absolute atomic E-state index is 13.0. The number of nitrogens with zero attached hydrogens (tertiary/aromatic N) is 1. The molecule has 2 amide bonds. The van der Waals surface area contributed by atoms with E-state index in [2.05, 4.69) is 0 Å². The number of nitrogens with one attached hydrogen (secondary N) is 1. The van der Waals surface area contributed by atoms with Gasteiger partial charge in [-0.25, -0.2) is 5.48 Å². The van der Waals surface area contributed by atoms with Gasteiger partial charge in [-0.15, -0.1) is 0 Å². The molecule has 3 rings (SSSR count). The number of hydrogen-bond donors (Lipinski definition) is 2. The summed E-state index contributed by atoms with van der Waals surface area (Å²) in [5.41, 5.74) is 3.29. The largest absolute Gasteiger partial charge is 0.307 e. The van der Waals surface area contributed by atoms with Crippen molar-refractivity contribution in [3.05, 3.63) is 65.7 Å². The zero-order valence-electron chi connectivity index (χ0n) is 12.8. The fourth-order valence-electron chi connectivity index (χ4n) is 3.15. The van der Waals surface area contributed by atoms with Gasteiger partial charge in [-0.05, 0) is 24.1 Å². The summed E-state index contributed by atoms with van der Waals surface area (Å²) in [6, 6.07) is 17.2. The normalized spacial score (nSPS) is 19.6. The number of carbonyl (C=O) groups excluding carboxylic acids is 2. The van der Waals surface area contributed by atoms with Crippen LogP contribution in [0.4, 0.5) is 5.69 Å². The Balaban J connectivity index is 2.00. The van der Waals surface area contributed by atoms with Crippen LogP contribution in [-0.2, 0) is 21.5 Å². The SMILES string of the molecule is CC1(CC(=O)NO)C(=O)N(Cc2ccccc2)c2ccccc21. The Hall–Kier alpha value is -2.66. The number of hydrogen-bond acceptors (Lipinski definition) is 3. The van der Waals surface area contributed by atoms with Gasteiger partial charge in [0.25, 0.3) is 0 Å². The Morgan fingerprint density at radius 2 is 1.78 bits per heavy atom. The Bertz CT molecular complexity index is 745. The van der Waals surface area contributed by atoms with E-state index in [9.17, 15) is 9.59 Å². The first-order chi connectivity index (χ1) is 11.1. The van der Waals surface area contributed by atoms with Crippen molar-refractivity contribution in [2.24, 2.45) is 0 Å². The smallest absolute Gasteiger partial charge is 0.244 e. The lowest BCUT2D eigenvalue weighted by molar-refractivity contribution is -0.134. The number of carbonyl (C=O) groups is 2.